The average Bonchev–Trinajstić information content (AvgIpc) is 2.68. The Bertz CT molecular complexity index is 956. The number of anilines is 2. The fraction of sp³-hybridized carbons (Fsp3) is 0.167. The van der Waals surface area contributed by atoms with Crippen LogP contribution in [-0.2, 0) is 0 Å². The standard InChI is InChI=1S/C18H14F4N4O2/c1-27-15-9-11(5-7-23-15)14-6-8-24-17(26-14)25-12-3-2-4-13(10-12)28-18(21,22)16(19)20/h2-10,16H,1H3,(H,24,25,26). The van der Waals surface area contributed by atoms with E-state index < -0.39 is 18.3 Å². The van der Waals surface area contributed by atoms with E-state index in [2.05, 4.69) is 25.0 Å². The molecule has 0 saturated heterocycles. The highest BCUT2D eigenvalue weighted by atomic mass is 19.3. The van der Waals surface area contributed by atoms with Crippen molar-refractivity contribution in [1.29, 1.82) is 0 Å². The normalized spacial score (nSPS) is 11.4. The number of nitrogens with zero attached hydrogens (tertiary/aromatic N) is 3. The van der Waals surface area contributed by atoms with Crippen LogP contribution < -0.4 is 14.8 Å². The topological polar surface area (TPSA) is 69.2 Å². The number of nitrogens with one attached hydrogen (secondary N) is 1. The smallest absolute Gasteiger partial charge is 0.461 e. The highest BCUT2D eigenvalue weighted by Crippen LogP contribution is 2.29. The predicted molar refractivity (Wildman–Crippen MR) is 93.1 cm³/mol. The molecule has 0 atom stereocenters. The highest BCUT2D eigenvalue weighted by molar-refractivity contribution is 5.63. The summed E-state index contributed by atoms with van der Waals surface area (Å²) in [5.41, 5.74) is 1.58. The number of halogens is 4. The SMILES string of the molecule is COc1cc(-c2ccnc(Nc3cccc(OC(F)(F)C(F)F)c3)n2)ccn1. The van der Waals surface area contributed by atoms with Gasteiger partial charge in [-0.2, -0.15) is 17.6 Å². The van der Waals surface area contributed by atoms with Gasteiger partial charge in [-0.15, -0.1) is 0 Å². The van der Waals surface area contributed by atoms with Gasteiger partial charge in [-0.05, 0) is 24.3 Å². The Morgan fingerprint density at radius 2 is 1.82 bits per heavy atom. The first-order valence-corrected chi connectivity index (χ1v) is 7.93. The predicted octanol–water partition coefficient (Wildman–Crippen LogP) is 4.53. The van der Waals surface area contributed by atoms with Gasteiger partial charge in [-0.25, -0.2) is 15.0 Å². The van der Waals surface area contributed by atoms with Gasteiger partial charge >= 0.3 is 12.5 Å². The Morgan fingerprint density at radius 3 is 2.57 bits per heavy atom. The van der Waals surface area contributed by atoms with Gasteiger partial charge < -0.3 is 14.8 Å². The summed E-state index contributed by atoms with van der Waals surface area (Å²) in [4.78, 5) is 12.4. The number of pyridine rings is 1. The molecular weight excluding hydrogens is 380 g/mol. The van der Waals surface area contributed by atoms with Crippen molar-refractivity contribution < 1.29 is 27.0 Å². The van der Waals surface area contributed by atoms with E-state index in [0.717, 1.165) is 17.7 Å². The van der Waals surface area contributed by atoms with Gasteiger partial charge in [0, 0.05) is 35.8 Å². The molecule has 0 fully saturated rings. The molecule has 0 amide bonds. The van der Waals surface area contributed by atoms with Crippen molar-refractivity contribution in [1.82, 2.24) is 15.0 Å². The maximum atomic E-state index is 13.1. The van der Waals surface area contributed by atoms with Crippen molar-refractivity contribution in [2.45, 2.75) is 12.5 Å². The third-order valence-electron chi connectivity index (χ3n) is 3.49. The number of aromatic nitrogens is 3. The van der Waals surface area contributed by atoms with Crippen LogP contribution >= 0.6 is 0 Å². The van der Waals surface area contributed by atoms with Gasteiger partial charge in [0.15, 0.2) is 0 Å². The zero-order chi connectivity index (χ0) is 20.1. The van der Waals surface area contributed by atoms with E-state index in [1.165, 1.54) is 25.4 Å². The lowest BCUT2D eigenvalue weighted by atomic mass is 10.2. The molecule has 0 aliphatic rings. The number of benzene rings is 1. The van der Waals surface area contributed by atoms with Crippen LogP contribution in [0.1, 0.15) is 0 Å². The minimum Gasteiger partial charge on any atom is -0.481 e. The second-order valence-corrected chi connectivity index (χ2v) is 5.47. The molecule has 2 heterocycles. The van der Waals surface area contributed by atoms with Crippen LogP contribution in [-0.4, -0.2) is 34.6 Å². The number of hydrogen-bond donors (Lipinski definition) is 1. The maximum Gasteiger partial charge on any atom is 0.461 e. The monoisotopic (exact) mass is 394 g/mol. The molecule has 0 unspecified atom stereocenters. The Balaban J connectivity index is 1.80. The number of rotatable bonds is 7. The highest BCUT2D eigenvalue weighted by Gasteiger charge is 2.43. The Morgan fingerprint density at radius 1 is 1.04 bits per heavy atom. The minimum atomic E-state index is -4.59. The van der Waals surface area contributed by atoms with Crippen molar-refractivity contribution in [2.75, 3.05) is 12.4 Å². The van der Waals surface area contributed by atoms with E-state index in [4.69, 9.17) is 4.74 Å². The largest absolute Gasteiger partial charge is 0.481 e. The third kappa shape index (κ3) is 4.64. The molecular formula is C18H14F4N4O2. The van der Waals surface area contributed by atoms with Crippen LogP contribution in [0.25, 0.3) is 11.3 Å². The minimum absolute atomic E-state index is 0.172. The van der Waals surface area contributed by atoms with E-state index in [9.17, 15) is 17.6 Å². The molecule has 0 spiro atoms. The molecule has 6 nitrogen and oxygen atoms in total. The second kappa shape index (κ2) is 8.07. The van der Waals surface area contributed by atoms with Gasteiger partial charge in [0.25, 0.3) is 0 Å². The Labute approximate surface area is 157 Å². The lowest BCUT2D eigenvalue weighted by molar-refractivity contribution is -0.253. The number of methoxy groups -OCH3 is 1. The zero-order valence-corrected chi connectivity index (χ0v) is 14.4. The van der Waals surface area contributed by atoms with Crippen molar-refractivity contribution in [2.24, 2.45) is 0 Å². The molecule has 10 heteroatoms. The van der Waals surface area contributed by atoms with Crippen LogP contribution in [0.5, 0.6) is 11.6 Å². The van der Waals surface area contributed by atoms with Crippen LogP contribution in [0, 0.1) is 0 Å². The summed E-state index contributed by atoms with van der Waals surface area (Å²) in [6.45, 7) is 0. The first kappa shape index (κ1) is 19.3. The quantitative estimate of drug-likeness (QED) is 0.594. The lowest BCUT2D eigenvalue weighted by Crippen LogP contribution is -2.33. The summed E-state index contributed by atoms with van der Waals surface area (Å²) >= 11 is 0. The van der Waals surface area contributed by atoms with Crippen LogP contribution in [0.3, 0.4) is 0 Å². The average molecular weight is 394 g/mol. The molecule has 1 N–H and O–H groups in total. The van der Waals surface area contributed by atoms with E-state index in [-0.39, 0.29) is 11.6 Å². The maximum absolute atomic E-state index is 13.1. The Kier molecular flexibility index (Phi) is 5.57. The molecule has 0 saturated carbocycles. The van der Waals surface area contributed by atoms with E-state index in [0.29, 0.717) is 11.6 Å². The summed E-state index contributed by atoms with van der Waals surface area (Å²) < 4.78 is 59.8. The molecule has 146 valence electrons. The number of hydrogen-bond acceptors (Lipinski definition) is 6. The molecule has 0 bridgehead atoms. The van der Waals surface area contributed by atoms with Crippen molar-refractivity contribution in [3.8, 4) is 22.9 Å². The van der Waals surface area contributed by atoms with Crippen LogP contribution in [0.4, 0.5) is 29.2 Å². The number of ether oxygens (including phenoxy) is 2. The summed E-state index contributed by atoms with van der Waals surface area (Å²) in [6.07, 6.45) is -5.47. The molecule has 1 aromatic carbocycles. The number of alkyl halides is 4. The van der Waals surface area contributed by atoms with E-state index >= 15 is 0 Å². The fourth-order valence-corrected chi connectivity index (χ4v) is 2.23. The fourth-order valence-electron chi connectivity index (χ4n) is 2.23. The van der Waals surface area contributed by atoms with Crippen molar-refractivity contribution >= 4 is 11.6 Å². The van der Waals surface area contributed by atoms with Gasteiger partial charge in [-0.3, -0.25) is 0 Å². The third-order valence-corrected chi connectivity index (χ3v) is 3.49. The van der Waals surface area contributed by atoms with Gasteiger partial charge in [0.1, 0.15) is 5.75 Å². The summed E-state index contributed by atoms with van der Waals surface area (Å²) in [5, 5.41) is 2.82. The molecule has 0 aliphatic carbocycles. The van der Waals surface area contributed by atoms with Crippen LogP contribution in [0.2, 0.25) is 0 Å². The molecule has 0 radical (unpaired) electrons. The zero-order valence-electron chi connectivity index (χ0n) is 14.4. The van der Waals surface area contributed by atoms with Gasteiger partial charge in [0.05, 0.1) is 12.8 Å². The van der Waals surface area contributed by atoms with E-state index in [1.54, 1.807) is 24.4 Å². The van der Waals surface area contributed by atoms with Crippen molar-refractivity contribution in [3.63, 3.8) is 0 Å². The van der Waals surface area contributed by atoms with Gasteiger partial charge in [0.2, 0.25) is 11.8 Å². The molecule has 3 rings (SSSR count). The Hall–Kier alpha value is -3.43. The molecule has 3 aromatic rings. The molecule has 28 heavy (non-hydrogen) atoms. The van der Waals surface area contributed by atoms with Gasteiger partial charge in [-0.1, -0.05) is 6.07 Å². The summed E-state index contributed by atoms with van der Waals surface area (Å²) in [6, 6.07) is 10.3. The molecule has 0 aliphatic heterocycles. The van der Waals surface area contributed by atoms with Crippen LogP contribution in [0.15, 0.2) is 54.9 Å². The van der Waals surface area contributed by atoms with Crippen molar-refractivity contribution in [3.05, 3.63) is 54.9 Å². The first-order valence-electron chi connectivity index (χ1n) is 7.93. The first-order chi connectivity index (χ1) is 13.4. The summed E-state index contributed by atoms with van der Waals surface area (Å²) in [5.74, 6) is 0.159. The second-order valence-electron chi connectivity index (χ2n) is 5.47. The van der Waals surface area contributed by atoms with E-state index in [1.807, 2.05) is 0 Å². The summed E-state index contributed by atoms with van der Waals surface area (Å²) in [7, 11) is 1.49. The molecule has 2 aromatic heterocycles. The lowest BCUT2D eigenvalue weighted by Gasteiger charge is -2.17.